The molecule has 0 spiro atoms. The molecule has 37 heavy (non-hydrogen) atoms. The van der Waals surface area contributed by atoms with Gasteiger partial charge in [0, 0.05) is 24.2 Å². The molecule has 2 rings (SSSR count). The van der Waals surface area contributed by atoms with Gasteiger partial charge >= 0.3 is 5.97 Å². The number of ether oxygens (including phenoxy) is 3. The minimum absolute atomic E-state index is 0.0115. The maximum absolute atomic E-state index is 13.0. The number of aliphatic hydroxyl groups excluding tert-OH is 3. The number of hydrogen-bond acceptors (Lipinski definition) is 8. The Hall–Kier alpha value is -1.58. The first-order valence-electron chi connectivity index (χ1n) is 13.8. The molecule has 1 saturated heterocycles. The molecule has 1 fully saturated rings. The predicted octanol–water partition coefficient (Wildman–Crippen LogP) is 3.71. The summed E-state index contributed by atoms with van der Waals surface area (Å²) in [5.41, 5.74) is 0.917. The van der Waals surface area contributed by atoms with Crippen LogP contribution in [-0.4, -0.2) is 70.0 Å². The maximum atomic E-state index is 13.0. The standard InChI is InChI=1S/C29H48O8/c1-8-21-13-17(4)22(30)11-10-16(3)12-18(5)25(9-2)36-26(33)14-23(31)19(6)29(21)37-27-15-24(32)28(34)20(7)35-27/h10-12,17-21,23-25,27-29,31-32,34H,8-9,13-15H2,1-7H3/b11-10+,16-12+. The fourth-order valence-corrected chi connectivity index (χ4v) is 5.37. The molecule has 0 aliphatic carbocycles. The van der Waals surface area contributed by atoms with Crippen LogP contribution in [0.3, 0.4) is 0 Å². The zero-order valence-electron chi connectivity index (χ0n) is 23.5. The van der Waals surface area contributed by atoms with E-state index in [1.165, 1.54) is 0 Å². The van der Waals surface area contributed by atoms with Gasteiger partial charge < -0.3 is 29.5 Å². The molecule has 0 bridgehead atoms. The van der Waals surface area contributed by atoms with Crippen LogP contribution in [0.1, 0.15) is 80.6 Å². The number of aliphatic hydroxyl groups is 3. The maximum Gasteiger partial charge on any atom is 0.308 e. The number of cyclic esters (lactones) is 1. The number of carbonyl (C=O) groups is 2. The van der Waals surface area contributed by atoms with E-state index >= 15 is 0 Å². The first kappa shape index (κ1) is 31.6. The predicted molar refractivity (Wildman–Crippen MR) is 140 cm³/mol. The van der Waals surface area contributed by atoms with E-state index < -0.39 is 48.7 Å². The van der Waals surface area contributed by atoms with E-state index in [4.69, 9.17) is 14.2 Å². The summed E-state index contributed by atoms with van der Waals surface area (Å²) in [6, 6.07) is 0. The number of hydrogen-bond donors (Lipinski definition) is 3. The van der Waals surface area contributed by atoms with Crippen LogP contribution in [0.2, 0.25) is 0 Å². The van der Waals surface area contributed by atoms with E-state index in [-0.39, 0.29) is 42.5 Å². The minimum Gasteiger partial charge on any atom is -0.462 e. The van der Waals surface area contributed by atoms with Gasteiger partial charge in [-0.2, -0.15) is 0 Å². The number of allylic oxidation sites excluding steroid dienone is 3. The third kappa shape index (κ3) is 8.99. The van der Waals surface area contributed by atoms with Crippen molar-refractivity contribution in [2.24, 2.45) is 23.7 Å². The second-order valence-corrected chi connectivity index (χ2v) is 11.0. The van der Waals surface area contributed by atoms with E-state index in [2.05, 4.69) is 0 Å². The topological polar surface area (TPSA) is 123 Å². The molecular formula is C29H48O8. The van der Waals surface area contributed by atoms with Crippen LogP contribution < -0.4 is 0 Å². The molecule has 2 heterocycles. The molecule has 11 atom stereocenters. The molecule has 2 aliphatic rings. The van der Waals surface area contributed by atoms with Gasteiger partial charge in [0.15, 0.2) is 12.1 Å². The van der Waals surface area contributed by atoms with Gasteiger partial charge in [0.2, 0.25) is 0 Å². The van der Waals surface area contributed by atoms with Crippen molar-refractivity contribution in [1.29, 1.82) is 0 Å². The van der Waals surface area contributed by atoms with Crippen molar-refractivity contribution in [3.8, 4) is 0 Å². The molecule has 212 valence electrons. The highest BCUT2D eigenvalue weighted by molar-refractivity contribution is 5.91. The molecule has 3 N–H and O–H groups in total. The molecule has 0 aromatic carbocycles. The van der Waals surface area contributed by atoms with Crippen molar-refractivity contribution in [2.45, 2.75) is 123 Å². The summed E-state index contributed by atoms with van der Waals surface area (Å²) in [7, 11) is 0. The van der Waals surface area contributed by atoms with Gasteiger partial charge in [-0.05, 0) is 38.7 Å². The second-order valence-electron chi connectivity index (χ2n) is 11.0. The smallest absolute Gasteiger partial charge is 0.308 e. The minimum atomic E-state index is -1.04. The van der Waals surface area contributed by atoms with Crippen molar-refractivity contribution in [3.63, 3.8) is 0 Å². The van der Waals surface area contributed by atoms with Gasteiger partial charge in [-0.3, -0.25) is 9.59 Å². The van der Waals surface area contributed by atoms with Crippen LogP contribution in [-0.2, 0) is 23.8 Å². The average molecular weight is 525 g/mol. The molecule has 0 radical (unpaired) electrons. The van der Waals surface area contributed by atoms with E-state index in [0.29, 0.717) is 19.3 Å². The summed E-state index contributed by atoms with van der Waals surface area (Å²) in [5.74, 6) is -1.39. The summed E-state index contributed by atoms with van der Waals surface area (Å²) < 4.78 is 17.9. The van der Waals surface area contributed by atoms with Gasteiger partial charge in [-0.1, -0.05) is 58.8 Å². The average Bonchev–Trinajstić information content (AvgIpc) is 2.84. The van der Waals surface area contributed by atoms with E-state index in [1.807, 2.05) is 47.6 Å². The van der Waals surface area contributed by atoms with Crippen LogP contribution in [0, 0.1) is 23.7 Å². The summed E-state index contributed by atoms with van der Waals surface area (Å²) >= 11 is 0. The van der Waals surface area contributed by atoms with Crippen molar-refractivity contribution in [2.75, 3.05) is 0 Å². The number of carbonyl (C=O) groups excluding carboxylic acids is 2. The van der Waals surface area contributed by atoms with Crippen molar-refractivity contribution >= 4 is 11.8 Å². The van der Waals surface area contributed by atoms with Gasteiger partial charge in [-0.15, -0.1) is 0 Å². The van der Waals surface area contributed by atoms with Gasteiger partial charge in [0.05, 0.1) is 30.8 Å². The summed E-state index contributed by atoms with van der Waals surface area (Å²) in [6.07, 6.45) is 1.79. The Bertz CT molecular complexity index is 796. The van der Waals surface area contributed by atoms with Gasteiger partial charge in [0.25, 0.3) is 0 Å². The lowest BCUT2D eigenvalue weighted by Gasteiger charge is -2.41. The van der Waals surface area contributed by atoms with Crippen molar-refractivity contribution < 1.29 is 39.1 Å². The Balaban J connectivity index is 2.38. The van der Waals surface area contributed by atoms with Crippen LogP contribution >= 0.6 is 0 Å². The fraction of sp³-hybridized carbons (Fsp3) is 0.793. The quantitative estimate of drug-likeness (QED) is 0.476. The normalized spacial score (nSPS) is 43.5. The van der Waals surface area contributed by atoms with Crippen LogP contribution in [0.5, 0.6) is 0 Å². The van der Waals surface area contributed by atoms with Crippen LogP contribution in [0.4, 0.5) is 0 Å². The number of esters is 1. The lowest BCUT2D eigenvalue weighted by molar-refractivity contribution is -0.274. The lowest BCUT2D eigenvalue weighted by Crippen LogP contribution is -2.50. The highest BCUT2D eigenvalue weighted by Crippen LogP contribution is 2.33. The molecule has 0 aromatic heterocycles. The Morgan fingerprint density at radius 1 is 0.973 bits per heavy atom. The molecule has 2 aliphatic heterocycles. The molecule has 8 heteroatoms. The highest BCUT2D eigenvalue weighted by Gasteiger charge is 2.40. The molecular weight excluding hydrogens is 476 g/mol. The van der Waals surface area contributed by atoms with Gasteiger partial charge in [-0.25, -0.2) is 0 Å². The lowest BCUT2D eigenvalue weighted by atomic mass is 9.80. The largest absolute Gasteiger partial charge is 0.462 e. The number of rotatable bonds is 4. The first-order chi connectivity index (χ1) is 17.4. The van der Waals surface area contributed by atoms with E-state index in [0.717, 1.165) is 5.57 Å². The first-order valence-corrected chi connectivity index (χ1v) is 13.8. The Labute approximate surface area is 222 Å². The summed E-state index contributed by atoms with van der Waals surface area (Å²) in [5, 5.41) is 31.4. The Morgan fingerprint density at radius 3 is 2.24 bits per heavy atom. The zero-order chi connectivity index (χ0) is 27.9. The second kappa shape index (κ2) is 14.5. The highest BCUT2D eigenvalue weighted by atomic mass is 16.7. The third-order valence-corrected chi connectivity index (χ3v) is 7.92. The van der Waals surface area contributed by atoms with Crippen LogP contribution in [0.25, 0.3) is 0 Å². The summed E-state index contributed by atoms with van der Waals surface area (Å²) in [6.45, 7) is 13.2. The fourth-order valence-electron chi connectivity index (χ4n) is 5.37. The van der Waals surface area contributed by atoms with Crippen molar-refractivity contribution in [1.82, 2.24) is 0 Å². The molecule has 0 amide bonds. The van der Waals surface area contributed by atoms with E-state index in [9.17, 15) is 24.9 Å². The van der Waals surface area contributed by atoms with Gasteiger partial charge in [0.1, 0.15) is 12.2 Å². The summed E-state index contributed by atoms with van der Waals surface area (Å²) in [4.78, 5) is 25.8. The molecule has 8 nitrogen and oxygen atoms in total. The SMILES string of the molecule is CCC1CC(C)C(=O)/C=C/C(C)=C/C(C)C(CC)OC(=O)CC(O)C(C)C1OC1CC(O)C(O)C(C)O1. The molecule has 0 saturated carbocycles. The van der Waals surface area contributed by atoms with Crippen LogP contribution in [0.15, 0.2) is 23.8 Å². The Morgan fingerprint density at radius 2 is 1.65 bits per heavy atom. The van der Waals surface area contributed by atoms with Crippen molar-refractivity contribution in [3.05, 3.63) is 23.8 Å². The molecule has 11 unspecified atom stereocenters. The molecule has 0 aromatic rings. The number of ketones is 1. The zero-order valence-corrected chi connectivity index (χ0v) is 23.5. The monoisotopic (exact) mass is 524 g/mol. The third-order valence-electron chi connectivity index (χ3n) is 7.92. The Kier molecular flexibility index (Phi) is 12.4. The van der Waals surface area contributed by atoms with E-state index in [1.54, 1.807) is 19.1 Å².